The molecule has 45 heavy (non-hydrogen) atoms. The average Bonchev–Trinajstić information content (AvgIpc) is 3.84. The standard InChI is InChI=1S/C36H29OP2.C5H5.Fe/c37-36(33-25-15-27-35(33)39(30-20-9-3-10-21-30)31-22-11-4-12-23-31)32-24-13-14-26-34(32)38(28-16-5-1-6-17-28)29-18-7-2-8-19-29;1-2-4-5-3-1;/h1-27,36-37H;1-5H;/q-1;-5;/t36-;;/m0../s1. The molecule has 1 N–H and O–H groups in total. The molecular formula is C41H34FeOP2-6. The first-order chi connectivity index (χ1) is 21.8. The van der Waals surface area contributed by atoms with Crippen LogP contribution >= 0.6 is 15.8 Å². The topological polar surface area (TPSA) is 20.2 Å². The molecule has 0 heterocycles. The zero-order valence-corrected chi connectivity index (χ0v) is 27.6. The Bertz CT molecular complexity index is 1720. The number of aliphatic hydroxyl groups is 1. The van der Waals surface area contributed by atoms with E-state index in [1.807, 2.05) is 36.4 Å². The Morgan fingerprint density at radius 1 is 0.444 bits per heavy atom. The molecule has 1 atom stereocenters. The molecule has 228 valence electrons. The molecule has 0 saturated heterocycles. The largest absolute Gasteiger partial charge is 0.748 e. The molecule has 0 unspecified atom stereocenters. The van der Waals surface area contributed by atoms with Crippen LogP contribution in [0.5, 0.6) is 0 Å². The van der Waals surface area contributed by atoms with Gasteiger partial charge in [0.05, 0.1) is 6.10 Å². The molecule has 7 rings (SSSR count). The van der Waals surface area contributed by atoms with Crippen molar-refractivity contribution >= 4 is 47.7 Å². The molecule has 0 amide bonds. The third-order valence-corrected chi connectivity index (χ3v) is 12.5. The second-order valence-electron chi connectivity index (χ2n) is 10.3. The van der Waals surface area contributed by atoms with Crippen molar-refractivity contribution in [1.82, 2.24) is 0 Å². The van der Waals surface area contributed by atoms with E-state index < -0.39 is 21.9 Å². The molecule has 0 fully saturated rings. The Morgan fingerprint density at radius 2 is 0.822 bits per heavy atom. The van der Waals surface area contributed by atoms with Crippen molar-refractivity contribution in [2.75, 3.05) is 0 Å². The van der Waals surface area contributed by atoms with Crippen LogP contribution in [-0.2, 0) is 17.1 Å². The first-order valence-electron chi connectivity index (χ1n) is 14.8. The van der Waals surface area contributed by atoms with Gasteiger partial charge in [-0.15, -0.1) is 10.9 Å². The van der Waals surface area contributed by atoms with E-state index in [1.54, 1.807) is 0 Å². The summed E-state index contributed by atoms with van der Waals surface area (Å²) in [6.45, 7) is 0. The molecule has 0 aromatic heterocycles. The van der Waals surface area contributed by atoms with Crippen LogP contribution in [0.15, 0.2) is 194 Å². The zero-order chi connectivity index (χ0) is 30.0. The van der Waals surface area contributed by atoms with Crippen LogP contribution < -0.4 is 31.8 Å². The van der Waals surface area contributed by atoms with Gasteiger partial charge in [-0.3, -0.25) is 0 Å². The quantitative estimate of drug-likeness (QED) is 0.102. The fourth-order valence-electron chi connectivity index (χ4n) is 5.43. The molecule has 1 nitrogen and oxygen atoms in total. The van der Waals surface area contributed by atoms with E-state index in [0.29, 0.717) is 0 Å². The summed E-state index contributed by atoms with van der Waals surface area (Å²) in [4.78, 5) is 0. The van der Waals surface area contributed by atoms with Gasteiger partial charge in [0.15, 0.2) is 0 Å². The first-order valence-corrected chi connectivity index (χ1v) is 17.5. The predicted octanol–water partition coefficient (Wildman–Crippen LogP) is 7.41. The van der Waals surface area contributed by atoms with E-state index >= 15 is 0 Å². The van der Waals surface area contributed by atoms with E-state index in [9.17, 15) is 5.11 Å². The summed E-state index contributed by atoms with van der Waals surface area (Å²) >= 11 is 0. The van der Waals surface area contributed by atoms with Gasteiger partial charge in [0, 0.05) is 17.1 Å². The van der Waals surface area contributed by atoms with Crippen LogP contribution in [0.2, 0.25) is 0 Å². The molecule has 0 aliphatic carbocycles. The van der Waals surface area contributed by atoms with E-state index in [4.69, 9.17) is 0 Å². The number of hydrogen-bond donors (Lipinski definition) is 1. The third kappa shape index (κ3) is 7.87. The van der Waals surface area contributed by atoms with Crippen molar-refractivity contribution < 1.29 is 22.2 Å². The maximum Gasteiger partial charge on any atom is 0.0614 e. The van der Waals surface area contributed by atoms with E-state index in [2.05, 4.69) is 158 Å². The molecule has 4 heteroatoms. The second-order valence-corrected chi connectivity index (χ2v) is 14.7. The van der Waals surface area contributed by atoms with Crippen molar-refractivity contribution in [2.24, 2.45) is 0 Å². The van der Waals surface area contributed by atoms with E-state index in [0.717, 1.165) is 11.1 Å². The smallest absolute Gasteiger partial charge is 0.0614 e. The maximum atomic E-state index is 12.1. The number of hydrogen-bond acceptors (Lipinski definition) is 1. The van der Waals surface area contributed by atoms with Crippen molar-refractivity contribution in [2.45, 2.75) is 6.10 Å². The minimum Gasteiger partial charge on any atom is -0.748 e. The number of rotatable bonds is 8. The molecule has 0 spiro atoms. The van der Waals surface area contributed by atoms with Crippen LogP contribution in [0, 0.1) is 0 Å². The minimum absolute atomic E-state index is 0. The van der Waals surface area contributed by atoms with Gasteiger partial charge in [-0.2, -0.15) is 6.07 Å². The summed E-state index contributed by atoms with van der Waals surface area (Å²) in [7, 11) is -1.66. The Morgan fingerprint density at radius 3 is 1.27 bits per heavy atom. The third-order valence-electron chi connectivity index (χ3n) is 7.45. The fourth-order valence-corrected chi connectivity index (χ4v) is 10.4. The van der Waals surface area contributed by atoms with Gasteiger partial charge in [-0.1, -0.05) is 146 Å². The van der Waals surface area contributed by atoms with Gasteiger partial charge in [-0.25, -0.2) is 12.1 Å². The fraction of sp³-hybridized carbons (Fsp3) is 0.0244. The van der Waals surface area contributed by atoms with Crippen LogP contribution in [0.1, 0.15) is 17.2 Å². The SMILES string of the molecule is O[C@@H](c1ccccc1P(c1ccccc1)c1ccccc1)[c-]1cccc1P(c1ccccc1)c1ccccc1.[Fe].[cH-]1[cH-][cH-][cH-][cH-]1. The molecule has 0 bridgehead atoms. The first kappa shape index (κ1) is 32.5. The molecule has 7 aromatic carbocycles. The molecule has 0 aliphatic heterocycles. The van der Waals surface area contributed by atoms with Crippen LogP contribution in [0.3, 0.4) is 0 Å². The molecular weight excluding hydrogens is 626 g/mol. The normalized spacial score (nSPS) is 11.4. The predicted molar refractivity (Wildman–Crippen MR) is 192 cm³/mol. The Kier molecular flexibility index (Phi) is 11.9. The van der Waals surface area contributed by atoms with Gasteiger partial charge in [-0.05, 0) is 47.9 Å². The summed E-state index contributed by atoms with van der Waals surface area (Å²) in [6.07, 6.45) is -0.735. The molecule has 0 saturated carbocycles. The monoisotopic (exact) mass is 660 g/mol. The second kappa shape index (κ2) is 16.4. The number of aliphatic hydroxyl groups excluding tert-OH is 1. The van der Waals surface area contributed by atoms with Crippen molar-refractivity contribution in [3.8, 4) is 0 Å². The van der Waals surface area contributed by atoms with Crippen molar-refractivity contribution in [3.05, 3.63) is 205 Å². The summed E-state index contributed by atoms with van der Waals surface area (Å²) < 4.78 is 0. The van der Waals surface area contributed by atoms with Crippen LogP contribution in [-0.4, -0.2) is 5.11 Å². The van der Waals surface area contributed by atoms with Gasteiger partial charge >= 0.3 is 0 Å². The Balaban J connectivity index is 0.000000609. The summed E-state index contributed by atoms with van der Waals surface area (Å²) in [5.74, 6) is 0. The Labute approximate surface area is 280 Å². The van der Waals surface area contributed by atoms with Crippen LogP contribution in [0.25, 0.3) is 0 Å². The van der Waals surface area contributed by atoms with Crippen molar-refractivity contribution in [1.29, 1.82) is 0 Å². The average molecular weight is 661 g/mol. The van der Waals surface area contributed by atoms with Gasteiger partial charge < -0.3 is 35.4 Å². The molecule has 0 radical (unpaired) electrons. The van der Waals surface area contributed by atoms with Crippen LogP contribution in [0.4, 0.5) is 0 Å². The van der Waals surface area contributed by atoms with E-state index in [-0.39, 0.29) is 17.1 Å². The molecule has 0 aliphatic rings. The Hall–Kier alpha value is -3.86. The van der Waals surface area contributed by atoms with Gasteiger partial charge in [0.1, 0.15) is 0 Å². The minimum atomic E-state index is -0.842. The van der Waals surface area contributed by atoms with Crippen molar-refractivity contribution in [3.63, 3.8) is 0 Å². The van der Waals surface area contributed by atoms with Gasteiger partial charge in [0.2, 0.25) is 0 Å². The van der Waals surface area contributed by atoms with E-state index in [1.165, 1.54) is 31.8 Å². The molecule has 7 aromatic rings. The summed E-state index contributed by atoms with van der Waals surface area (Å²) in [5, 5.41) is 19.6. The number of benzene rings is 5. The van der Waals surface area contributed by atoms with Gasteiger partial charge in [0.25, 0.3) is 0 Å². The summed E-state index contributed by atoms with van der Waals surface area (Å²) in [5.41, 5.74) is 1.96. The maximum absolute atomic E-state index is 12.1. The zero-order valence-electron chi connectivity index (χ0n) is 24.7. The summed E-state index contributed by atoms with van der Waals surface area (Å²) in [6, 6.07) is 67.6.